The standard InChI is InChI=1S/C14H14O5/c1-17-12-8-10(9-15)7-11(14(12)19-3)5-4-6-13(16)18-2/h7-9H,6H2,1-3H3. The van der Waals surface area contributed by atoms with Gasteiger partial charge in [-0.3, -0.25) is 9.59 Å². The second-order valence-electron chi connectivity index (χ2n) is 3.48. The number of methoxy groups -OCH3 is 3. The molecule has 0 bridgehead atoms. The van der Waals surface area contributed by atoms with Crippen molar-refractivity contribution in [3.05, 3.63) is 23.3 Å². The van der Waals surface area contributed by atoms with E-state index in [1.807, 2.05) is 0 Å². The summed E-state index contributed by atoms with van der Waals surface area (Å²) in [6, 6.07) is 3.12. The summed E-state index contributed by atoms with van der Waals surface area (Å²) >= 11 is 0. The molecule has 19 heavy (non-hydrogen) atoms. The van der Waals surface area contributed by atoms with Gasteiger partial charge in [0.2, 0.25) is 0 Å². The Labute approximate surface area is 111 Å². The molecular weight excluding hydrogens is 248 g/mol. The topological polar surface area (TPSA) is 61.8 Å². The lowest BCUT2D eigenvalue weighted by atomic mass is 10.1. The number of esters is 1. The Balaban J connectivity index is 3.16. The van der Waals surface area contributed by atoms with E-state index in [0.29, 0.717) is 28.9 Å². The van der Waals surface area contributed by atoms with Crippen LogP contribution in [0, 0.1) is 11.8 Å². The summed E-state index contributed by atoms with van der Waals surface area (Å²) in [5, 5.41) is 0. The second-order valence-corrected chi connectivity index (χ2v) is 3.48. The molecule has 1 aromatic rings. The maximum Gasteiger partial charge on any atom is 0.317 e. The Morgan fingerprint density at radius 3 is 2.53 bits per heavy atom. The molecule has 1 rings (SSSR count). The smallest absolute Gasteiger partial charge is 0.317 e. The summed E-state index contributed by atoms with van der Waals surface area (Å²) < 4.78 is 14.8. The highest BCUT2D eigenvalue weighted by atomic mass is 16.5. The first-order chi connectivity index (χ1) is 9.15. The molecule has 5 heteroatoms. The zero-order valence-corrected chi connectivity index (χ0v) is 11.0. The van der Waals surface area contributed by atoms with Crippen molar-refractivity contribution in [1.82, 2.24) is 0 Å². The molecule has 0 unspecified atom stereocenters. The van der Waals surface area contributed by atoms with E-state index in [4.69, 9.17) is 9.47 Å². The van der Waals surface area contributed by atoms with Crippen LogP contribution < -0.4 is 9.47 Å². The van der Waals surface area contributed by atoms with Crippen LogP contribution in [0.2, 0.25) is 0 Å². The molecule has 0 atom stereocenters. The highest BCUT2D eigenvalue weighted by Gasteiger charge is 2.10. The van der Waals surface area contributed by atoms with Gasteiger partial charge in [-0.2, -0.15) is 0 Å². The fourth-order valence-corrected chi connectivity index (χ4v) is 1.43. The van der Waals surface area contributed by atoms with E-state index < -0.39 is 5.97 Å². The average molecular weight is 262 g/mol. The molecule has 0 amide bonds. The Hall–Kier alpha value is -2.48. The lowest BCUT2D eigenvalue weighted by Gasteiger charge is -2.10. The Kier molecular flexibility index (Phi) is 5.42. The third-order valence-corrected chi connectivity index (χ3v) is 2.32. The van der Waals surface area contributed by atoms with Crippen LogP contribution in [0.3, 0.4) is 0 Å². The minimum atomic E-state index is -0.426. The highest BCUT2D eigenvalue weighted by molar-refractivity contribution is 5.79. The van der Waals surface area contributed by atoms with Crippen LogP contribution >= 0.6 is 0 Å². The fraction of sp³-hybridized carbons (Fsp3) is 0.286. The molecule has 0 aromatic heterocycles. The first-order valence-electron chi connectivity index (χ1n) is 5.43. The van der Waals surface area contributed by atoms with Gasteiger partial charge in [0.1, 0.15) is 12.7 Å². The largest absolute Gasteiger partial charge is 0.493 e. The Morgan fingerprint density at radius 1 is 1.26 bits per heavy atom. The molecular formula is C14H14O5. The Morgan fingerprint density at radius 2 is 2.00 bits per heavy atom. The molecule has 0 aliphatic heterocycles. The predicted octanol–water partition coefficient (Wildman–Crippen LogP) is 1.43. The minimum absolute atomic E-state index is 0.0344. The first kappa shape index (κ1) is 14.6. The summed E-state index contributed by atoms with van der Waals surface area (Å²) in [5.74, 6) is 5.83. The van der Waals surface area contributed by atoms with Crippen LogP contribution in [0.15, 0.2) is 12.1 Å². The van der Waals surface area contributed by atoms with Gasteiger partial charge in [-0.25, -0.2) is 0 Å². The number of hydrogen-bond acceptors (Lipinski definition) is 5. The van der Waals surface area contributed by atoms with Gasteiger partial charge in [0.25, 0.3) is 0 Å². The summed E-state index contributed by atoms with van der Waals surface area (Å²) in [6.07, 6.45) is 0.654. The Bertz CT molecular complexity index is 537. The van der Waals surface area contributed by atoms with Crippen LogP contribution in [0.1, 0.15) is 22.3 Å². The molecule has 1 aromatic carbocycles. The van der Waals surface area contributed by atoms with Crippen molar-refractivity contribution in [2.75, 3.05) is 21.3 Å². The number of aldehydes is 1. The number of ether oxygens (including phenoxy) is 3. The van der Waals surface area contributed by atoms with Crippen molar-refractivity contribution in [2.24, 2.45) is 0 Å². The van der Waals surface area contributed by atoms with Gasteiger partial charge < -0.3 is 14.2 Å². The summed E-state index contributed by atoms with van der Waals surface area (Å²) in [5.41, 5.74) is 0.896. The normalized spacial score (nSPS) is 9.00. The van der Waals surface area contributed by atoms with E-state index in [2.05, 4.69) is 16.6 Å². The van der Waals surface area contributed by atoms with Crippen molar-refractivity contribution >= 4 is 12.3 Å². The van der Waals surface area contributed by atoms with Crippen molar-refractivity contribution in [1.29, 1.82) is 0 Å². The number of carbonyl (C=O) groups excluding carboxylic acids is 2. The summed E-state index contributed by atoms with van der Waals surface area (Å²) in [7, 11) is 4.24. The van der Waals surface area contributed by atoms with Crippen LogP contribution in [0.4, 0.5) is 0 Å². The third-order valence-electron chi connectivity index (χ3n) is 2.32. The molecule has 0 spiro atoms. The zero-order chi connectivity index (χ0) is 14.3. The number of rotatable bonds is 4. The molecule has 0 saturated heterocycles. The molecule has 0 heterocycles. The lowest BCUT2D eigenvalue weighted by Crippen LogP contribution is -1.98. The van der Waals surface area contributed by atoms with E-state index in [9.17, 15) is 9.59 Å². The van der Waals surface area contributed by atoms with Gasteiger partial charge in [0, 0.05) is 5.56 Å². The van der Waals surface area contributed by atoms with E-state index in [1.165, 1.54) is 21.3 Å². The zero-order valence-electron chi connectivity index (χ0n) is 11.0. The van der Waals surface area contributed by atoms with Gasteiger partial charge >= 0.3 is 5.97 Å². The van der Waals surface area contributed by atoms with Gasteiger partial charge in [0.15, 0.2) is 11.5 Å². The van der Waals surface area contributed by atoms with Gasteiger partial charge in [-0.15, -0.1) is 0 Å². The summed E-state index contributed by atoms with van der Waals surface area (Å²) in [6.45, 7) is 0. The molecule has 0 aliphatic carbocycles. The quantitative estimate of drug-likeness (QED) is 0.466. The molecule has 0 saturated carbocycles. The third kappa shape index (κ3) is 3.75. The van der Waals surface area contributed by atoms with Gasteiger partial charge in [0.05, 0.1) is 26.9 Å². The van der Waals surface area contributed by atoms with E-state index >= 15 is 0 Å². The van der Waals surface area contributed by atoms with Crippen molar-refractivity contribution < 1.29 is 23.8 Å². The maximum absolute atomic E-state index is 11.0. The molecule has 100 valence electrons. The van der Waals surface area contributed by atoms with E-state index in [1.54, 1.807) is 12.1 Å². The minimum Gasteiger partial charge on any atom is -0.493 e. The van der Waals surface area contributed by atoms with Crippen molar-refractivity contribution in [2.45, 2.75) is 6.42 Å². The molecule has 0 radical (unpaired) electrons. The number of hydrogen-bond donors (Lipinski definition) is 0. The molecule has 0 aliphatic rings. The van der Waals surface area contributed by atoms with Crippen LogP contribution in [-0.2, 0) is 9.53 Å². The second kappa shape index (κ2) is 7.07. The van der Waals surface area contributed by atoms with E-state index in [0.717, 1.165) is 0 Å². The van der Waals surface area contributed by atoms with Crippen LogP contribution in [0.25, 0.3) is 0 Å². The maximum atomic E-state index is 11.0. The fourth-order valence-electron chi connectivity index (χ4n) is 1.43. The molecule has 0 N–H and O–H groups in total. The van der Waals surface area contributed by atoms with Crippen LogP contribution in [-0.4, -0.2) is 33.6 Å². The number of carbonyl (C=O) groups is 2. The predicted molar refractivity (Wildman–Crippen MR) is 68.4 cm³/mol. The van der Waals surface area contributed by atoms with E-state index in [-0.39, 0.29) is 6.42 Å². The van der Waals surface area contributed by atoms with Crippen molar-refractivity contribution in [3.63, 3.8) is 0 Å². The highest BCUT2D eigenvalue weighted by Crippen LogP contribution is 2.31. The number of benzene rings is 1. The van der Waals surface area contributed by atoms with Crippen LogP contribution in [0.5, 0.6) is 11.5 Å². The average Bonchev–Trinajstić information content (AvgIpc) is 2.45. The summed E-state index contributed by atoms with van der Waals surface area (Å²) in [4.78, 5) is 21.8. The first-order valence-corrected chi connectivity index (χ1v) is 5.43. The molecule has 0 fully saturated rings. The molecule has 5 nitrogen and oxygen atoms in total. The SMILES string of the molecule is COC(=O)CC#Cc1cc(C=O)cc(OC)c1OC. The van der Waals surface area contributed by atoms with Gasteiger partial charge in [-0.05, 0) is 12.1 Å². The van der Waals surface area contributed by atoms with Crippen molar-refractivity contribution in [3.8, 4) is 23.3 Å². The van der Waals surface area contributed by atoms with Gasteiger partial charge in [-0.1, -0.05) is 11.8 Å². The lowest BCUT2D eigenvalue weighted by molar-refractivity contribution is -0.139. The monoisotopic (exact) mass is 262 g/mol.